The summed E-state index contributed by atoms with van der Waals surface area (Å²) in [7, 11) is 1.19. The maximum atomic E-state index is 15.8. The number of esters is 1. The molecule has 0 spiro atoms. The molecule has 2 aromatic rings. The lowest BCUT2D eigenvalue weighted by atomic mass is 9.85. The smallest absolute Gasteiger partial charge is 0.408 e. The van der Waals surface area contributed by atoms with Gasteiger partial charge in [-0.15, -0.1) is 0 Å². The van der Waals surface area contributed by atoms with Crippen molar-refractivity contribution in [2.75, 3.05) is 20.3 Å². The Morgan fingerprint density at radius 1 is 1.11 bits per heavy atom. The van der Waals surface area contributed by atoms with Crippen LogP contribution in [0, 0.1) is 5.41 Å². The molecule has 2 bridgehead atoms. The number of hydrogen-bond acceptors (Lipinski definition) is 9. The molecule has 1 aromatic heterocycles. The highest BCUT2D eigenvalue weighted by molar-refractivity contribution is 5.91. The van der Waals surface area contributed by atoms with Crippen molar-refractivity contribution in [3.8, 4) is 5.88 Å². The number of rotatable bonds is 1. The second-order valence-electron chi connectivity index (χ2n) is 12.8. The number of methoxy groups -OCH3 is 1. The van der Waals surface area contributed by atoms with E-state index in [1.807, 2.05) is 0 Å². The summed E-state index contributed by atoms with van der Waals surface area (Å²) in [5.41, 5.74) is -2.28. The Balaban J connectivity index is 1.60. The van der Waals surface area contributed by atoms with Crippen LogP contribution in [0.3, 0.4) is 0 Å². The number of allylic oxidation sites excluding steroid dienone is 1. The van der Waals surface area contributed by atoms with E-state index in [1.165, 1.54) is 18.1 Å². The van der Waals surface area contributed by atoms with Crippen LogP contribution in [-0.2, 0) is 29.7 Å². The molecule has 5 atom stereocenters. The third kappa shape index (κ3) is 6.47. The van der Waals surface area contributed by atoms with E-state index in [0.717, 1.165) is 0 Å². The molecule has 3 heterocycles. The lowest BCUT2D eigenvalue weighted by molar-refractivity contribution is -0.152. The second kappa shape index (κ2) is 11.9. The van der Waals surface area contributed by atoms with Gasteiger partial charge in [0.05, 0.1) is 37.4 Å². The van der Waals surface area contributed by atoms with E-state index in [2.05, 4.69) is 15.3 Å². The number of aromatic nitrogens is 2. The summed E-state index contributed by atoms with van der Waals surface area (Å²) < 4.78 is 54.3. The van der Waals surface area contributed by atoms with Crippen molar-refractivity contribution in [1.82, 2.24) is 20.2 Å². The molecule has 1 unspecified atom stereocenters. The Bertz CT molecular complexity index is 1460. The predicted molar refractivity (Wildman–Crippen MR) is 154 cm³/mol. The van der Waals surface area contributed by atoms with Crippen molar-refractivity contribution in [3.63, 3.8) is 0 Å². The van der Waals surface area contributed by atoms with Crippen LogP contribution in [0.4, 0.5) is 13.6 Å². The fourth-order valence-electron chi connectivity index (χ4n) is 5.99. The van der Waals surface area contributed by atoms with Gasteiger partial charge in [-0.1, -0.05) is 39.0 Å². The Hall–Kier alpha value is -3.87. The van der Waals surface area contributed by atoms with Gasteiger partial charge in [-0.2, -0.15) is 8.78 Å². The van der Waals surface area contributed by atoms with Gasteiger partial charge in [0.2, 0.25) is 11.8 Å². The molecule has 1 aromatic carbocycles. The molecule has 11 nitrogen and oxygen atoms in total. The standard InChI is InChI=1S/C31H38F2N4O7/c1-29(2,3)24-26(38)37-17-30(4,16-20(37)27(39)41-5)44-25-23(34-18-10-6-7-11-19(18)35-25)31(32,33)14-9-15-42-21-12-8-13-22(21)43-28(40)36-24/h6-7,9-11,14,20-22,24H,8,12-13,15-17H2,1-5H3,(H,36,40)/b14-9+/t20-,21?,22+,24+,30+/m0/s1. The average Bonchev–Trinajstić information content (AvgIpc) is 3.55. The number of carbonyl (C=O) groups excluding carboxylic acids is 3. The molecule has 1 saturated heterocycles. The second-order valence-corrected chi connectivity index (χ2v) is 12.8. The van der Waals surface area contributed by atoms with Crippen LogP contribution in [0.25, 0.3) is 11.0 Å². The third-order valence-corrected chi connectivity index (χ3v) is 8.22. The average molecular weight is 617 g/mol. The maximum absolute atomic E-state index is 15.8. The van der Waals surface area contributed by atoms with Gasteiger partial charge in [0.15, 0.2) is 5.69 Å². The fourth-order valence-corrected chi connectivity index (χ4v) is 5.99. The Morgan fingerprint density at radius 3 is 2.48 bits per heavy atom. The highest BCUT2D eigenvalue weighted by atomic mass is 19.3. The van der Waals surface area contributed by atoms with E-state index in [0.29, 0.717) is 30.9 Å². The fraction of sp³-hybridized carbons (Fsp3) is 0.581. The highest BCUT2D eigenvalue weighted by Crippen LogP contribution is 2.40. The minimum absolute atomic E-state index is 0.0837. The molecule has 1 saturated carbocycles. The number of para-hydroxylation sites is 2. The van der Waals surface area contributed by atoms with E-state index in [1.54, 1.807) is 52.0 Å². The number of fused-ring (bicyclic) bond motifs is 5. The third-order valence-electron chi connectivity index (χ3n) is 8.22. The van der Waals surface area contributed by atoms with Gasteiger partial charge in [-0.25, -0.2) is 19.6 Å². The van der Waals surface area contributed by atoms with E-state index in [-0.39, 0.29) is 25.1 Å². The number of nitrogens with one attached hydrogen (secondary N) is 1. The zero-order chi connectivity index (χ0) is 31.9. The van der Waals surface area contributed by atoms with Crippen LogP contribution in [0.5, 0.6) is 5.88 Å². The molecule has 238 valence electrons. The Kier molecular flexibility index (Phi) is 8.54. The van der Waals surface area contributed by atoms with Crippen LogP contribution in [0.15, 0.2) is 36.4 Å². The van der Waals surface area contributed by atoms with Crippen LogP contribution in [-0.4, -0.2) is 83.0 Å². The van der Waals surface area contributed by atoms with Crippen LogP contribution in [0.1, 0.15) is 59.1 Å². The number of ether oxygens (including phenoxy) is 4. The highest BCUT2D eigenvalue weighted by Gasteiger charge is 2.52. The molecule has 44 heavy (non-hydrogen) atoms. The van der Waals surface area contributed by atoms with Crippen LogP contribution >= 0.6 is 0 Å². The first-order chi connectivity index (χ1) is 20.7. The monoisotopic (exact) mass is 616 g/mol. The molecule has 13 heteroatoms. The zero-order valence-electron chi connectivity index (χ0n) is 25.5. The summed E-state index contributed by atoms with van der Waals surface area (Å²) >= 11 is 0. The summed E-state index contributed by atoms with van der Waals surface area (Å²) in [4.78, 5) is 50.1. The normalized spacial score (nSPS) is 30.2. The molecule has 2 amide bonds. The molecular weight excluding hydrogens is 578 g/mol. The molecule has 1 aliphatic carbocycles. The number of alkyl halides is 2. The zero-order valence-corrected chi connectivity index (χ0v) is 25.5. The van der Waals surface area contributed by atoms with Crippen molar-refractivity contribution in [3.05, 3.63) is 42.1 Å². The number of alkyl carbamates (subject to hydrolysis) is 1. The predicted octanol–water partition coefficient (Wildman–Crippen LogP) is 4.28. The lowest BCUT2D eigenvalue weighted by Gasteiger charge is -2.35. The Morgan fingerprint density at radius 2 is 1.80 bits per heavy atom. The number of halogens is 2. The van der Waals surface area contributed by atoms with E-state index < -0.39 is 70.8 Å². The van der Waals surface area contributed by atoms with Gasteiger partial charge >= 0.3 is 18.0 Å². The topological polar surface area (TPSA) is 129 Å². The number of amides is 2. The number of hydrogen-bond donors (Lipinski definition) is 1. The van der Waals surface area contributed by atoms with Gasteiger partial charge in [0, 0.05) is 6.42 Å². The van der Waals surface area contributed by atoms with Gasteiger partial charge in [0.25, 0.3) is 0 Å². The lowest BCUT2D eigenvalue weighted by Crippen LogP contribution is -2.57. The van der Waals surface area contributed by atoms with E-state index in [9.17, 15) is 14.4 Å². The first kappa shape index (κ1) is 31.6. The minimum atomic E-state index is -3.61. The molecule has 0 radical (unpaired) electrons. The Labute approximate surface area is 254 Å². The first-order valence-electron chi connectivity index (χ1n) is 14.7. The number of carbonyl (C=O) groups is 3. The van der Waals surface area contributed by atoms with Gasteiger partial charge in [0.1, 0.15) is 23.8 Å². The summed E-state index contributed by atoms with van der Waals surface area (Å²) in [6.45, 7) is 6.58. The van der Waals surface area contributed by atoms with Crippen molar-refractivity contribution < 1.29 is 42.1 Å². The van der Waals surface area contributed by atoms with Crippen molar-refractivity contribution in [2.45, 2.75) is 89.2 Å². The molecular formula is C31H38F2N4O7. The van der Waals surface area contributed by atoms with Crippen molar-refractivity contribution >= 4 is 29.0 Å². The minimum Gasteiger partial charge on any atom is -0.468 e. The van der Waals surface area contributed by atoms with Gasteiger partial charge in [-0.3, -0.25) is 4.79 Å². The van der Waals surface area contributed by atoms with Crippen molar-refractivity contribution in [1.29, 1.82) is 0 Å². The summed E-state index contributed by atoms with van der Waals surface area (Å²) in [6.07, 6.45) is 1.65. The summed E-state index contributed by atoms with van der Waals surface area (Å²) in [5.74, 6) is -5.33. The first-order valence-corrected chi connectivity index (χ1v) is 14.7. The summed E-state index contributed by atoms with van der Waals surface area (Å²) in [6, 6.07) is 4.34. The van der Waals surface area contributed by atoms with Crippen LogP contribution < -0.4 is 10.1 Å². The quantitative estimate of drug-likeness (QED) is 0.369. The molecule has 3 aliphatic rings. The van der Waals surface area contributed by atoms with Crippen LogP contribution in [0.2, 0.25) is 0 Å². The van der Waals surface area contributed by atoms with Gasteiger partial charge < -0.3 is 29.2 Å². The molecule has 1 N–H and O–H groups in total. The van der Waals surface area contributed by atoms with E-state index in [4.69, 9.17) is 18.9 Å². The summed E-state index contributed by atoms with van der Waals surface area (Å²) in [5, 5.41) is 2.71. The van der Waals surface area contributed by atoms with Crippen molar-refractivity contribution in [2.24, 2.45) is 5.41 Å². The largest absolute Gasteiger partial charge is 0.468 e. The SMILES string of the molecule is COC(=O)[C@@H]1C[C@]2(C)CN1C(=O)[C@H](C(C)(C)C)NC(=O)O[C@@H]1CCCC1OC/C=C/C(F)(F)c1nc3ccccc3nc1O2. The number of benzene rings is 1. The maximum Gasteiger partial charge on any atom is 0.408 e. The molecule has 2 fully saturated rings. The molecule has 5 rings (SSSR count). The molecule has 2 aliphatic heterocycles. The van der Waals surface area contributed by atoms with E-state index >= 15 is 8.78 Å². The number of nitrogens with zero attached hydrogens (tertiary/aromatic N) is 3. The van der Waals surface area contributed by atoms with Gasteiger partial charge in [-0.05, 0) is 49.8 Å².